The number of nitrogens with zero attached hydrogens (tertiary/aromatic N) is 2. The summed E-state index contributed by atoms with van der Waals surface area (Å²) in [4.78, 5) is 4.42. The number of ether oxygens (including phenoxy) is 1. The van der Waals surface area contributed by atoms with Crippen molar-refractivity contribution in [2.24, 2.45) is 0 Å². The molecule has 0 radical (unpaired) electrons. The molecule has 3 heteroatoms. The Morgan fingerprint density at radius 2 is 1.90 bits per heavy atom. The molecule has 2 rings (SSSR count). The molecule has 0 aliphatic carbocycles. The van der Waals surface area contributed by atoms with Gasteiger partial charge < -0.3 is 9.30 Å². The highest BCUT2D eigenvalue weighted by Gasteiger charge is 2.01. The van der Waals surface area contributed by atoms with Gasteiger partial charge >= 0.3 is 0 Å². The quantitative estimate of drug-likeness (QED) is 0.620. The summed E-state index contributed by atoms with van der Waals surface area (Å²) in [5.41, 5.74) is 1.39. The third-order valence-corrected chi connectivity index (χ3v) is 3.63. The van der Waals surface area contributed by atoms with Gasteiger partial charge in [-0.2, -0.15) is 0 Å². The lowest BCUT2D eigenvalue weighted by Gasteiger charge is -2.08. The predicted octanol–water partition coefficient (Wildman–Crippen LogP) is 3.88. The standard InChI is InChI=1S/C18H26N2O/c1-2-3-11-18-19-12-13-20(18)14-16-21-15-7-10-17-8-5-4-6-9-17/h4-6,8-9,12-13H,2-3,7,10-11,14-16H2,1H3. The molecule has 0 unspecified atom stereocenters. The molecule has 1 heterocycles. The zero-order chi connectivity index (χ0) is 14.8. The SMILES string of the molecule is CCCCc1nccn1CCOCCCc1ccccc1. The summed E-state index contributed by atoms with van der Waals surface area (Å²) in [6.07, 6.45) is 9.60. The van der Waals surface area contributed by atoms with Crippen molar-refractivity contribution >= 4 is 0 Å². The maximum Gasteiger partial charge on any atom is 0.108 e. The Bertz CT molecular complexity index is 493. The highest BCUT2D eigenvalue weighted by Crippen LogP contribution is 2.04. The van der Waals surface area contributed by atoms with E-state index in [1.807, 2.05) is 6.20 Å². The fourth-order valence-corrected chi connectivity index (χ4v) is 2.39. The summed E-state index contributed by atoms with van der Waals surface area (Å²) in [6.45, 7) is 4.71. The number of hydrogen-bond acceptors (Lipinski definition) is 2. The highest BCUT2D eigenvalue weighted by molar-refractivity contribution is 5.14. The van der Waals surface area contributed by atoms with Crippen LogP contribution in [0.3, 0.4) is 0 Å². The van der Waals surface area contributed by atoms with Crippen LogP contribution in [-0.4, -0.2) is 22.8 Å². The lowest BCUT2D eigenvalue weighted by Crippen LogP contribution is -2.09. The third kappa shape index (κ3) is 5.72. The molecule has 0 amide bonds. The van der Waals surface area contributed by atoms with Gasteiger partial charge in [0.1, 0.15) is 5.82 Å². The van der Waals surface area contributed by atoms with E-state index in [4.69, 9.17) is 4.74 Å². The van der Waals surface area contributed by atoms with E-state index < -0.39 is 0 Å². The maximum atomic E-state index is 5.74. The molecule has 0 saturated carbocycles. The molecule has 0 fully saturated rings. The summed E-state index contributed by atoms with van der Waals surface area (Å²) < 4.78 is 7.95. The Morgan fingerprint density at radius 1 is 1.05 bits per heavy atom. The van der Waals surface area contributed by atoms with E-state index in [1.165, 1.54) is 24.2 Å². The van der Waals surface area contributed by atoms with Crippen LogP contribution in [0.1, 0.15) is 37.6 Å². The summed E-state index contributed by atoms with van der Waals surface area (Å²) in [6, 6.07) is 10.6. The lowest BCUT2D eigenvalue weighted by molar-refractivity contribution is 0.123. The number of rotatable bonds is 10. The number of aromatic nitrogens is 2. The van der Waals surface area contributed by atoms with E-state index in [1.54, 1.807) is 0 Å². The predicted molar refractivity (Wildman–Crippen MR) is 86.4 cm³/mol. The second-order valence-electron chi connectivity index (χ2n) is 5.34. The first-order valence-corrected chi connectivity index (χ1v) is 8.02. The smallest absolute Gasteiger partial charge is 0.108 e. The van der Waals surface area contributed by atoms with Gasteiger partial charge in [-0.05, 0) is 24.8 Å². The van der Waals surface area contributed by atoms with Gasteiger partial charge in [0.25, 0.3) is 0 Å². The van der Waals surface area contributed by atoms with Gasteiger partial charge in [-0.3, -0.25) is 0 Å². The van der Waals surface area contributed by atoms with Crippen molar-refractivity contribution < 1.29 is 4.74 Å². The van der Waals surface area contributed by atoms with Crippen LogP contribution in [0.4, 0.5) is 0 Å². The van der Waals surface area contributed by atoms with E-state index in [9.17, 15) is 0 Å². The zero-order valence-electron chi connectivity index (χ0n) is 13.0. The van der Waals surface area contributed by atoms with Gasteiger partial charge in [0.2, 0.25) is 0 Å². The second kappa shape index (κ2) is 9.35. The molecule has 0 aliphatic rings. The van der Waals surface area contributed by atoms with Gasteiger partial charge in [-0.15, -0.1) is 0 Å². The molecule has 0 bridgehead atoms. The lowest BCUT2D eigenvalue weighted by atomic mass is 10.1. The molecule has 1 aromatic heterocycles. The molecule has 3 nitrogen and oxygen atoms in total. The Hall–Kier alpha value is -1.61. The van der Waals surface area contributed by atoms with Crippen molar-refractivity contribution in [1.29, 1.82) is 0 Å². The van der Waals surface area contributed by atoms with Crippen molar-refractivity contribution in [2.75, 3.05) is 13.2 Å². The fraction of sp³-hybridized carbons (Fsp3) is 0.500. The van der Waals surface area contributed by atoms with Gasteiger partial charge in [-0.25, -0.2) is 4.98 Å². The maximum absolute atomic E-state index is 5.74. The third-order valence-electron chi connectivity index (χ3n) is 3.63. The van der Waals surface area contributed by atoms with Crippen molar-refractivity contribution in [3.63, 3.8) is 0 Å². The van der Waals surface area contributed by atoms with Crippen LogP contribution >= 0.6 is 0 Å². The molecule has 114 valence electrons. The van der Waals surface area contributed by atoms with E-state index in [-0.39, 0.29) is 0 Å². The first kappa shape index (κ1) is 15.8. The monoisotopic (exact) mass is 286 g/mol. The van der Waals surface area contributed by atoms with E-state index >= 15 is 0 Å². The minimum absolute atomic E-state index is 0.768. The van der Waals surface area contributed by atoms with Crippen molar-refractivity contribution in [3.05, 3.63) is 54.1 Å². The van der Waals surface area contributed by atoms with Gasteiger partial charge in [-0.1, -0.05) is 43.7 Å². The van der Waals surface area contributed by atoms with Crippen LogP contribution in [0.2, 0.25) is 0 Å². The number of imidazole rings is 1. The first-order valence-electron chi connectivity index (χ1n) is 8.02. The topological polar surface area (TPSA) is 27.1 Å². The van der Waals surface area contributed by atoms with Crippen molar-refractivity contribution in [2.45, 2.75) is 45.6 Å². The number of hydrogen-bond donors (Lipinski definition) is 0. The molecule has 0 N–H and O–H groups in total. The molecular weight excluding hydrogens is 260 g/mol. The summed E-state index contributed by atoms with van der Waals surface area (Å²) in [5, 5.41) is 0. The van der Waals surface area contributed by atoms with Crippen LogP contribution in [0, 0.1) is 0 Å². The molecule has 0 aliphatic heterocycles. The van der Waals surface area contributed by atoms with Crippen LogP contribution in [0.25, 0.3) is 0 Å². The van der Waals surface area contributed by atoms with Gasteiger partial charge in [0.05, 0.1) is 6.61 Å². The second-order valence-corrected chi connectivity index (χ2v) is 5.34. The molecule has 0 saturated heterocycles. The Morgan fingerprint density at radius 3 is 2.71 bits per heavy atom. The minimum atomic E-state index is 0.768. The molecular formula is C18H26N2O. The molecule has 21 heavy (non-hydrogen) atoms. The highest BCUT2D eigenvalue weighted by atomic mass is 16.5. The largest absolute Gasteiger partial charge is 0.380 e. The van der Waals surface area contributed by atoms with Crippen molar-refractivity contribution in [3.8, 4) is 0 Å². The van der Waals surface area contributed by atoms with E-state index in [0.717, 1.165) is 39.0 Å². The average Bonchev–Trinajstić information content (AvgIpc) is 2.97. The van der Waals surface area contributed by atoms with E-state index in [2.05, 4.69) is 53.0 Å². The van der Waals surface area contributed by atoms with Crippen LogP contribution < -0.4 is 0 Å². The average molecular weight is 286 g/mol. The van der Waals surface area contributed by atoms with Crippen LogP contribution in [0.5, 0.6) is 0 Å². The Labute approximate surface area is 128 Å². The summed E-state index contributed by atoms with van der Waals surface area (Å²) >= 11 is 0. The summed E-state index contributed by atoms with van der Waals surface area (Å²) in [7, 11) is 0. The summed E-state index contributed by atoms with van der Waals surface area (Å²) in [5.74, 6) is 1.18. The molecule has 1 aromatic carbocycles. The number of unbranched alkanes of at least 4 members (excludes halogenated alkanes) is 1. The number of benzene rings is 1. The van der Waals surface area contributed by atoms with Crippen LogP contribution in [-0.2, 0) is 24.1 Å². The Balaban J connectivity index is 1.58. The number of aryl methyl sites for hydroxylation is 2. The van der Waals surface area contributed by atoms with Gasteiger partial charge in [0, 0.05) is 32.0 Å². The van der Waals surface area contributed by atoms with Gasteiger partial charge in [0.15, 0.2) is 0 Å². The molecule has 0 spiro atoms. The van der Waals surface area contributed by atoms with Crippen LogP contribution in [0.15, 0.2) is 42.7 Å². The fourth-order valence-electron chi connectivity index (χ4n) is 2.39. The normalized spacial score (nSPS) is 10.9. The Kier molecular flexibility index (Phi) is 7.02. The zero-order valence-corrected chi connectivity index (χ0v) is 13.0. The molecule has 2 aromatic rings. The molecule has 0 atom stereocenters. The van der Waals surface area contributed by atoms with Crippen molar-refractivity contribution in [1.82, 2.24) is 9.55 Å². The minimum Gasteiger partial charge on any atom is -0.380 e. The first-order chi connectivity index (χ1) is 10.4. The van der Waals surface area contributed by atoms with E-state index in [0.29, 0.717) is 0 Å².